The lowest BCUT2D eigenvalue weighted by molar-refractivity contribution is 0.777. The van der Waals surface area contributed by atoms with Crippen molar-refractivity contribution in [1.29, 1.82) is 0 Å². The van der Waals surface area contributed by atoms with Gasteiger partial charge >= 0.3 is 0 Å². The molecule has 0 aromatic heterocycles. The molecule has 0 radical (unpaired) electrons. The van der Waals surface area contributed by atoms with Crippen molar-refractivity contribution < 1.29 is 0 Å². The highest BCUT2D eigenvalue weighted by atomic mass is 32.2. The summed E-state index contributed by atoms with van der Waals surface area (Å²) in [4.78, 5) is 0. The summed E-state index contributed by atoms with van der Waals surface area (Å²) in [5.41, 5.74) is 1.43. The first-order valence-electron chi connectivity index (χ1n) is 5.19. The van der Waals surface area contributed by atoms with Crippen molar-refractivity contribution in [3.8, 4) is 0 Å². The Balaban J connectivity index is 2.58. The molecule has 1 atom stereocenters. The molecule has 78 valence electrons. The lowest BCUT2D eigenvalue weighted by atomic mass is 10.1. The monoisotopic (exact) mass is 209 g/mol. The summed E-state index contributed by atoms with van der Waals surface area (Å²) in [6, 6.07) is 10.7. The summed E-state index contributed by atoms with van der Waals surface area (Å²) in [5, 5.41) is 3.85. The van der Waals surface area contributed by atoms with Gasteiger partial charge in [-0.1, -0.05) is 37.3 Å². The molecule has 0 amide bonds. The third-order valence-electron chi connectivity index (χ3n) is 2.08. The highest BCUT2D eigenvalue weighted by molar-refractivity contribution is 7.99. The summed E-state index contributed by atoms with van der Waals surface area (Å²) in [5.74, 6) is 1.24. The van der Waals surface area contributed by atoms with Crippen LogP contribution in [0.2, 0.25) is 0 Å². The number of nitrogens with one attached hydrogen (secondary N) is 1. The fourth-order valence-corrected chi connectivity index (χ4v) is 2.54. The minimum atomic E-state index is 0.598. The van der Waals surface area contributed by atoms with Gasteiger partial charge in [-0.15, -0.1) is 0 Å². The van der Waals surface area contributed by atoms with Crippen LogP contribution in [0, 0.1) is 0 Å². The van der Waals surface area contributed by atoms with E-state index in [1.165, 1.54) is 17.7 Å². The van der Waals surface area contributed by atoms with Gasteiger partial charge in [0.1, 0.15) is 0 Å². The molecule has 0 saturated heterocycles. The van der Waals surface area contributed by atoms with Crippen molar-refractivity contribution in [2.24, 2.45) is 0 Å². The predicted molar refractivity (Wildman–Crippen MR) is 65.9 cm³/mol. The highest BCUT2D eigenvalue weighted by Crippen LogP contribution is 2.28. The molecule has 0 fully saturated rings. The second-order valence-electron chi connectivity index (χ2n) is 3.33. The zero-order valence-corrected chi connectivity index (χ0v) is 9.81. The van der Waals surface area contributed by atoms with Crippen LogP contribution < -0.4 is 5.32 Å². The average Bonchev–Trinajstić information content (AvgIpc) is 2.25. The number of benzene rings is 1. The van der Waals surface area contributed by atoms with Gasteiger partial charge < -0.3 is 5.32 Å². The SMILES string of the molecule is CCCSC(CNC)c1ccccc1. The molecule has 1 N–H and O–H groups in total. The van der Waals surface area contributed by atoms with Gasteiger partial charge in [0.15, 0.2) is 0 Å². The predicted octanol–water partition coefficient (Wildman–Crippen LogP) is 3.09. The normalized spacial score (nSPS) is 12.7. The van der Waals surface area contributed by atoms with E-state index in [0.717, 1.165) is 6.54 Å². The maximum absolute atomic E-state index is 3.25. The molecular formula is C12H19NS. The Kier molecular flexibility index (Phi) is 5.72. The van der Waals surface area contributed by atoms with Crippen molar-refractivity contribution in [2.75, 3.05) is 19.3 Å². The van der Waals surface area contributed by atoms with E-state index in [1.807, 2.05) is 18.8 Å². The molecule has 0 heterocycles. The molecule has 0 aliphatic rings. The molecule has 0 saturated carbocycles. The first-order valence-corrected chi connectivity index (χ1v) is 6.24. The van der Waals surface area contributed by atoms with E-state index in [4.69, 9.17) is 0 Å². The van der Waals surface area contributed by atoms with Crippen molar-refractivity contribution in [3.05, 3.63) is 35.9 Å². The molecule has 0 spiro atoms. The van der Waals surface area contributed by atoms with Crippen LogP contribution in [0.4, 0.5) is 0 Å². The van der Waals surface area contributed by atoms with Crippen LogP contribution in [0.3, 0.4) is 0 Å². The largest absolute Gasteiger partial charge is 0.318 e. The van der Waals surface area contributed by atoms with Crippen LogP contribution in [0.25, 0.3) is 0 Å². The zero-order valence-electron chi connectivity index (χ0n) is 8.99. The van der Waals surface area contributed by atoms with Crippen molar-refractivity contribution in [2.45, 2.75) is 18.6 Å². The highest BCUT2D eigenvalue weighted by Gasteiger charge is 2.09. The summed E-state index contributed by atoms with van der Waals surface area (Å²) in [7, 11) is 2.02. The van der Waals surface area contributed by atoms with E-state index >= 15 is 0 Å². The second-order valence-corrected chi connectivity index (χ2v) is 4.64. The molecule has 0 bridgehead atoms. The van der Waals surface area contributed by atoms with Crippen LogP contribution in [0.1, 0.15) is 24.2 Å². The van der Waals surface area contributed by atoms with E-state index < -0.39 is 0 Å². The Morgan fingerprint density at radius 2 is 2.00 bits per heavy atom. The standard InChI is InChI=1S/C12H19NS/c1-3-9-14-12(10-13-2)11-7-5-4-6-8-11/h4-8,12-13H,3,9-10H2,1-2H3. The Bertz CT molecular complexity index is 235. The molecule has 2 heteroatoms. The molecule has 1 aromatic carbocycles. The maximum atomic E-state index is 3.25. The lowest BCUT2D eigenvalue weighted by Gasteiger charge is -2.15. The third kappa shape index (κ3) is 3.72. The van der Waals surface area contributed by atoms with Crippen molar-refractivity contribution in [1.82, 2.24) is 5.32 Å². The van der Waals surface area contributed by atoms with Gasteiger partial charge in [0.25, 0.3) is 0 Å². The van der Waals surface area contributed by atoms with Gasteiger partial charge in [-0.3, -0.25) is 0 Å². The van der Waals surface area contributed by atoms with Crippen molar-refractivity contribution in [3.63, 3.8) is 0 Å². The van der Waals surface area contributed by atoms with Crippen molar-refractivity contribution >= 4 is 11.8 Å². The number of thioether (sulfide) groups is 1. The molecule has 0 aliphatic carbocycles. The molecule has 1 nitrogen and oxygen atoms in total. The average molecular weight is 209 g/mol. The number of hydrogen-bond acceptors (Lipinski definition) is 2. The Labute approximate surface area is 91.3 Å². The van der Waals surface area contributed by atoms with Gasteiger partial charge in [-0.2, -0.15) is 11.8 Å². The van der Waals surface area contributed by atoms with Gasteiger partial charge in [-0.25, -0.2) is 0 Å². The van der Waals surface area contributed by atoms with Crippen LogP contribution in [0.5, 0.6) is 0 Å². The molecule has 14 heavy (non-hydrogen) atoms. The van der Waals surface area contributed by atoms with E-state index in [9.17, 15) is 0 Å². The minimum absolute atomic E-state index is 0.598. The van der Waals surface area contributed by atoms with E-state index in [2.05, 4.69) is 42.6 Å². The number of hydrogen-bond donors (Lipinski definition) is 1. The Morgan fingerprint density at radius 1 is 1.29 bits per heavy atom. The fourth-order valence-electron chi connectivity index (χ4n) is 1.39. The summed E-state index contributed by atoms with van der Waals surface area (Å²) in [6.07, 6.45) is 1.25. The van der Waals surface area contributed by atoms with Crippen LogP contribution in [-0.2, 0) is 0 Å². The molecule has 1 rings (SSSR count). The molecule has 1 aromatic rings. The zero-order chi connectivity index (χ0) is 10.2. The Hall–Kier alpha value is -0.470. The summed E-state index contributed by atoms with van der Waals surface area (Å²) >= 11 is 2.04. The van der Waals surface area contributed by atoms with E-state index in [-0.39, 0.29) is 0 Å². The van der Waals surface area contributed by atoms with Gasteiger partial charge in [-0.05, 0) is 24.8 Å². The molecule has 1 unspecified atom stereocenters. The van der Waals surface area contributed by atoms with E-state index in [0.29, 0.717) is 5.25 Å². The topological polar surface area (TPSA) is 12.0 Å². The van der Waals surface area contributed by atoms with E-state index in [1.54, 1.807) is 0 Å². The first-order chi connectivity index (χ1) is 6.88. The lowest BCUT2D eigenvalue weighted by Crippen LogP contribution is -2.15. The van der Waals surface area contributed by atoms with Gasteiger partial charge in [0, 0.05) is 11.8 Å². The quantitative estimate of drug-likeness (QED) is 0.772. The molecule has 0 aliphatic heterocycles. The van der Waals surface area contributed by atoms with Gasteiger partial charge in [0.05, 0.1) is 0 Å². The fraction of sp³-hybridized carbons (Fsp3) is 0.500. The summed E-state index contributed by atoms with van der Waals surface area (Å²) < 4.78 is 0. The third-order valence-corrected chi connectivity index (χ3v) is 3.57. The first kappa shape index (κ1) is 11.6. The maximum Gasteiger partial charge on any atom is 0.0421 e. The number of rotatable bonds is 6. The number of likely N-dealkylation sites (N-methyl/N-ethyl adjacent to an activating group) is 1. The molecular weight excluding hydrogens is 190 g/mol. The Morgan fingerprint density at radius 3 is 2.57 bits per heavy atom. The van der Waals surface area contributed by atoms with Crippen LogP contribution in [0.15, 0.2) is 30.3 Å². The smallest absolute Gasteiger partial charge is 0.0421 e. The van der Waals surface area contributed by atoms with Crippen LogP contribution >= 0.6 is 11.8 Å². The minimum Gasteiger partial charge on any atom is -0.318 e. The summed E-state index contributed by atoms with van der Waals surface area (Å²) in [6.45, 7) is 3.28. The van der Waals surface area contributed by atoms with Gasteiger partial charge in [0.2, 0.25) is 0 Å². The second kappa shape index (κ2) is 6.91. The van der Waals surface area contributed by atoms with Crippen LogP contribution in [-0.4, -0.2) is 19.3 Å².